The Balaban J connectivity index is 1.67. The van der Waals surface area contributed by atoms with E-state index in [1.54, 1.807) is 0 Å². The van der Waals surface area contributed by atoms with Crippen LogP contribution in [0.5, 0.6) is 5.75 Å². The Labute approximate surface area is 134 Å². The molecule has 2 unspecified atom stereocenters. The second kappa shape index (κ2) is 6.07. The van der Waals surface area contributed by atoms with Gasteiger partial charge in [0.15, 0.2) is 6.23 Å². The van der Waals surface area contributed by atoms with E-state index >= 15 is 0 Å². The molecule has 22 heavy (non-hydrogen) atoms. The van der Waals surface area contributed by atoms with Crippen LogP contribution in [-0.4, -0.2) is 35.7 Å². The van der Waals surface area contributed by atoms with E-state index in [0.29, 0.717) is 17.4 Å². The number of ether oxygens (including phenoxy) is 3. The first-order chi connectivity index (χ1) is 10.8. The van der Waals surface area contributed by atoms with Crippen molar-refractivity contribution in [2.24, 2.45) is 0 Å². The van der Waals surface area contributed by atoms with Crippen LogP contribution in [0.4, 0.5) is 0 Å². The van der Waals surface area contributed by atoms with Crippen molar-refractivity contribution in [2.45, 2.75) is 38.0 Å². The summed E-state index contributed by atoms with van der Waals surface area (Å²) in [6, 6.07) is 3.88. The molecule has 0 radical (unpaired) electrons. The summed E-state index contributed by atoms with van der Waals surface area (Å²) in [6.45, 7) is 2.17. The summed E-state index contributed by atoms with van der Waals surface area (Å²) in [6.07, 6.45) is 6.11. The van der Waals surface area contributed by atoms with Gasteiger partial charge >= 0.3 is 0 Å². The van der Waals surface area contributed by atoms with Crippen molar-refractivity contribution in [1.82, 2.24) is 9.78 Å². The Hall–Kier alpha value is -1.30. The molecule has 2 aliphatic rings. The molecule has 2 saturated heterocycles. The van der Waals surface area contributed by atoms with E-state index in [-0.39, 0.29) is 12.3 Å². The Morgan fingerprint density at radius 2 is 2.18 bits per heavy atom. The molecule has 2 aromatic rings. The lowest BCUT2D eigenvalue weighted by Gasteiger charge is -2.23. The van der Waals surface area contributed by atoms with E-state index in [2.05, 4.69) is 5.10 Å². The van der Waals surface area contributed by atoms with E-state index in [4.69, 9.17) is 25.8 Å². The SMILES string of the molecule is Clc1cc2cnn(C3CCCCO3)c2cc1OC1CCOC1. The van der Waals surface area contributed by atoms with Crippen LogP contribution in [0.2, 0.25) is 5.02 Å². The molecule has 0 bridgehead atoms. The summed E-state index contributed by atoms with van der Waals surface area (Å²) in [7, 11) is 0. The third kappa shape index (κ3) is 2.69. The highest BCUT2D eigenvalue weighted by molar-refractivity contribution is 6.32. The highest BCUT2D eigenvalue weighted by Crippen LogP contribution is 2.34. The normalized spacial score (nSPS) is 25.7. The van der Waals surface area contributed by atoms with Crippen molar-refractivity contribution in [3.05, 3.63) is 23.4 Å². The van der Waals surface area contributed by atoms with Gasteiger partial charge < -0.3 is 14.2 Å². The Kier molecular flexibility index (Phi) is 3.94. The monoisotopic (exact) mass is 322 g/mol. The van der Waals surface area contributed by atoms with Gasteiger partial charge in [0.1, 0.15) is 11.9 Å². The van der Waals surface area contributed by atoms with Crippen LogP contribution in [0.3, 0.4) is 0 Å². The summed E-state index contributed by atoms with van der Waals surface area (Å²) in [5.74, 6) is 0.697. The van der Waals surface area contributed by atoms with Crippen molar-refractivity contribution >= 4 is 22.5 Å². The number of hydrogen-bond acceptors (Lipinski definition) is 4. The lowest BCUT2D eigenvalue weighted by atomic mass is 10.2. The van der Waals surface area contributed by atoms with Crippen LogP contribution < -0.4 is 4.74 Å². The molecular formula is C16H19ClN2O3. The maximum Gasteiger partial charge on any atom is 0.150 e. The zero-order valence-electron chi connectivity index (χ0n) is 12.3. The molecule has 2 aliphatic heterocycles. The minimum absolute atomic E-state index is 0.00934. The lowest BCUT2D eigenvalue weighted by Crippen LogP contribution is -2.19. The topological polar surface area (TPSA) is 45.5 Å². The molecule has 3 heterocycles. The van der Waals surface area contributed by atoms with Crippen LogP contribution in [0, 0.1) is 0 Å². The van der Waals surface area contributed by atoms with Crippen LogP contribution in [0.25, 0.3) is 10.9 Å². The Morgan fingerprint density at radius 3 is 2.95 bits per heavy atom. The molecule has 4 rings (SSSR count). The van der Waals surface area contributed by atoms with Gasteiger partial charge in [-0.25, -0.2) is 4.68 Å². The maximum absolute atomic E-state index is 6.34. The number of rotatable bonds is 3. The maximum atomic E-state index is 6.34. The third-order valence-electron chi connectivity index (χ3n) is 4.26. The van der Waals surface area contributed by atoms with Gasteiger partial charge in [-0.2, -0.15) is 5.10 Å². The van der Waals surface area contributed by atoms with E-state index in [1.165, 1.54) is 6.42 Å². The summed E-state index contributed by atoms with van der Waals surface area (Å²) >= 11 is 6.34. The summed E-state index contributed by atoms with van der Waals surface area (Å²) in [5, 5.41) is 6.11. The fourth-order valence-electron chi connectivity index (χ4n) is 3.07. The zero-order valence-corrected chi connectivity index (χ0v) is 13.1. The molecule has 0 saturated carbocycles. The standard InChI is InChI=1S/C16H19ClN2O3/c17-13-7-11-9-18-19(16-3-1-2-5-21-16)14(11)8-15(13)22-12-4-6-20-10-12/h7-9,12,16H,1-6,10H2. The van der Waals surface area contributed by atoms with E-state index < -0.39 is 0 Å². The van der Waals surface area contributed by atoms with Gasteiger partial charge in [-0.1, -0.05) is 11.6 Å². The first kappa shape index (κ1) is 14.3. The summed E-state index contributed by atoms with van der Waals surface area (Å²) in [5.41, 5.74) is 1.00. The van der Waals surface area contributed by atoms with Gasteiger partial charge in [-0.15, -0.1) is 0 Å². The molecular weight excluding hydrogens is 304 g/mol. The Bertz CT molecular complexity index is 661. The fourth-order valence-corrected chi connectivity index (χ4v) is 3.28. The van der Waals surface area contributed by atoms with Crippen LogP contribution in [0.15, 0.2) is 18.3 Å². The molecule has 0 N–H and O–H groups in total. The molecule has 118 valence electrons. The third-order valence-corrected chi connectivity index (χ3v) is 4.55. The number of fused-ring (bicyclic) bond motifs is 1. The predicted molar refractivity (Wildman–Crippen MR) is 83.4 cm³/mol. The zero-order chi connectivity index (χ0) is 14.9. The van der Waals surface area contributed by atoms with Gasteiger partial charge in [0.25, 0.3) is 0 Å². The quantitative estimate of drug-likeness (QED) is 0.867. The molecule has 5 nitrogen and oxygen atoms in total. The van der Waals surface area contributed by atoms with Crippen molar-refractivity contribution < 1.29 is 14.2 Å². The van der Waals surface area contributed by atoms with Crippen molar-refractivity contribution in [3.8, 4) is 5.75 Å². The van der Waals surface area contributed by atoms with Crippen LogP contribution >= 0.6 is 11.6 Å². The number of nitrogens with zero attached hydrogens (tertiary/aromatic N) is 2. The number of benzene rings is 1. The van der Waals surface area contributed by atoms with Gasteiger partial charge in [0, 0.05) is 24.5 Å². The minimum atomic E-state index is 0.00934. The van der Waals surface area contributed by atoms with Crippen molar-refractivity contribution in [3.63, 3.8) is 0 Å². The molecule has 0 aliphatic carbocycles. The Morgan fingerprint density at radius 1 is 1.23 bits per heavy atom. The molecule has 0 spiro atoms. The molecule has 1 aromatic carbocycles. The lowest BCUT2D eigenvalue weighted by molar-refractivity contribution is -0.0366. The molecule has 2 atom stereocenters. The van der Waals surface area contributed by atoms with Gasteiger partial charge in [0.2, 0.25) is 0 Å². The first-order valence-electron chi connectivity index (χ1n) is 7.84. The fraction of sp³-hybridized carbons (Fsp3) is 0.562. The van der Waals surface area contributed by atoms with Crippen LogP contribution in [-0.2, 0) is 9.47 Å². The van der Waals surface area contributed by atoms with Gasteiger partial charge in [-0.3, -0.25) is 0 Å². The van der Waals surface area contributed by atoms with Gasteiger partial charge in [-0.05, 0) is 25.3 Å². The number of halogens is 1. The summed E-state index contributed by atoms with van der Waals surface area (Å²) in [4.78, 5) is 0. The first-order valence-corrected chi connectivity index (χ1v) is 8.22. The minimum Gasteiger partial charge on any atom is -0.486 e. The van der Waals surface area contributed by atoms with E-state index in [1.807, 2.05) is 23.0 Å². The number of aromatic nitrogens is 2. The smallest absolute Gasteiger partial charge is 0.150 e. The second-order valence-electron chi connectivity index (χ2n) is 5.86. The highest BCUT2D eigenvalue weighted by atomic mass is 35.5. The highest BCUT2D eigenvalue weighted by Gasteiger charge is 2.22. The van der Waals surface area contributed by atoms with E-state index in [9.17, 15) is 0 Å². The van der Waals surface area contributed by atoms with Crippen molar-refractivity contribution in [2.75, 3.05) is 19.8 Å². The van der Waals surface area contributed by atoms with E-state index in [0.717, 1.165) is 43.4 Å². The largest absolute Gasteiger partial charge is 0.486 e. The van der Waals surface area contributed by atoms with Crippen molar-refractivity contribution in [1.29, 1.82) is 0 Å². The average molecular weight is 323 g/mol. The molecule has 6 heteroatoms. The summed E-state index contributed by atoms with van der Waals surface area (Å²) < 4.78 is 19.1. The van der Waals surface area contributed by atoms with Crippen LogP contribution in [0.1, 0.15) is 31.9 Å². The predicted octanol–water partition coefficient (Wildman–Crippen LogP) is 3.56. The number of hydrogen-bond donors (Lipinski definition) is 0. The molecule has 0 amide bonds. The molecule has 2 fully saturated rings. The second-order valence-corrected chi connectivity index (χ2v) is 6.26. The average Bonchev–Trinajstić information content (AvgIpc) is 3.18. The van der Waals surface area contributed by atoms with Gasteiger partial charge in [0.05, 0.1) is 29.9 Å². The molecule has 1 aromatic heterocycles.